The molecule has 0 spiro atoms. The van der Waals surface area contributed by atoms with Crippen molar-refractivity contribution in [2.24, 2.45) is 46.1 Å². The van der Waals surface area contributed by atoms with E-state index in [2.05, 4.69) is 47.9 Å². The van der Waals surface area contributed by atoms with Crippen molar-refractivity contribution >= 4 is 59.1 Å². The molecule has 0 heterocycles. The van der Waals surface area contributed by atoms with Crippen molar-refractivity contribution in [1.82, 2.24) is 47.9 Å². The molecule has 0 aliphatic heterocycles. The summed E-state index contributed by atoms with van der Waals surface area (Å²) in [6.07, 6.45) is -2.42. The highest BCUT2D eigenvalue weighted by atomic mass is 16.4. The van der Waals surface area contributed by atoms with Gasteiger partial charge in [0.2, 0.25) is 53.2 Å². The van der Waals surface area contributed by atoms with Gasteiger partial charge in [-0.2, -0.15) is 0 Å². The first-order valence-corrected chi connectivity index (χ1v) is 24.7. The normalized spacial score (nSPS) is 16.2. The van der Waals surface area contributed by atoms with Gasteiger partial charge in [0.1, 0.15) is 48.3 Å². The first kappa shape index (κ1) is 67.3. The minimum atomic E-state index is -1.70. The Bertz CT molecular complexity index is 1780. The monoisotopic (exact) mass is 1050 g/mol. The number of aliphatic hydroxyl groups excluding tert-OH is 2. The first-order chi connectivity index (χ1) is 34.4. The van der Waals surface area contributed by atoms with E-state index in [4.69, 9.17) is 40.1 Å². The highest BCUT2D eigenvalue weighted by molar-refractivity contribution is 5.98. The summed E-state index contributed by atoms with van der Waals surface area (Å²) >= 11 is 0. The van der Waals surface area contributed by atoms with Crippen LogP contribution in [0.25, 0.3) is 0 Å². The largest absolute Gasteiger partial charge is 0.480 e. The average Bonchev–Trinajstić information content (AvgIpc) is 3.31. The second-order valence-electron chi connectivity index (χ2n) is 18.1. The molecule has 0 saturated carbocycles. The van der Waals surface area contributed by atoms with Crippen molar-refractivity contribution < 1.29 is 63.3 Å². The second-order valence-corrected chi connectivity index (χ2v) is 18.1. The van der Waals surface area contributed by atoms with Gasteiger partial charge in [0.25, 0.3) is 0 Å². The molecular weight excluding hydrogens is 961 g/mol. The molecule has 0 aliphatic rings. The van der Waals surface area contributed by atoms with Gasteiger partial charge in [-0.15, -0.1) is 0 Å². The number of aliphatic carboxylic acids is 1. The number of amides is 9. The smallest absolute Gasteiger partial charge is 0.328 e. The molecule has 0 aromatic carbocycles. The Labute approximate surface area is 426 Å². The molecule has 73 heavy (non-hydrogen) atoms. The second kappa shape index (κ2) is 36.3. The van der Waals surface area contributed by atoms with Crippen LogP contribution >= 0.6 is 0 Å². The van der Waals surface area contributed by atoms with Gasteiger partial charge in [-0.05, 0) is 110 Å². The molecule has 26 N–H and O–H groups in total. The van der Waals surface area contributed by atoms with Gasteiger partial charge < -0.3 is 103 Å². The number of carbonyl (C=O) groups is 10. The standard InChI is InChI=1S/C44H86N16O13/c1-6-7-8-26(36(64)53-27(10-16-46)38(66)56-31(14-20-50)41(69)60-34(24(5)62)44(72)73)52-42(70)32(21-22(2)3)58-40(68)29(12-18-48)55-37(65)28(11-17-47)54-39(67)30(13-19-49)57-43(71)33(23(4)61)59-35(63)25(51)9-15-45/h22-34,61-62H,6-21,45-51H2,1-5H3,(H,52,70)(H,53,64)(H,54,67)(H,55,65)(H,56,66)(H,57,71)(H,58,68)(H,59,63)(H,60,69)(H,72,73)/t23-,24-,25+,26+,27+,28+,29+,30+,31+,32-,33+,34+/m1/s1. The van der Waals surface area contributed by atoms with E-state index in [1.807, 2.05) is 6.92 Å². The number of aliphatic hydroxyl groups is 2. The van der Waals surface area contributed by atoms with E-state index in [0.717, 1.165) is 6.92 Å². The maximum Gasteiger partial charge on any atom is 0.328 e. The average molecular weight is 1050 g/mol. The number of nitrogens with two attached hydrogens (primary N) is 7. The van der Waals surface area contributed by atoms with Crippen LogP contribution in [0.2, 0.25) is 0 Å². The summed E-state index contributed by atoms with van der Waals surface area (Å²) < 4.78 is 0. The molecule has 0 fully saturated rings. The van der Waals surface area contributed by atoms with Crippen molar-refractivity contribution in [3.63, 3.8) is 0 Å². The third-order valence-electron chi connectivity index (χ3n) is 11.2. The molecule has 0 aliphatic carbocycles. The lowest BCUT2D eigenvalue weighted by molar-refractivity contribution is -0.145. The first-order valence-electron chi connectivity index (χ1n) is 24.7. The lowest BCUT2D eigenvalue weighted by Gasteiger charge is -2.29. The molecule has 29 nitrogen and oxygen atoms in total. The van der Waals surface area contributed by atoms with Gasteiger partial charge in [-0.25, -0.2) is 4.79 Å². The molecule has 0 bridgehead atoms. The molecule has 0 rings (SSSR count). The van der Waals surface area contributed by atoms with Crippen LogP contribution in [0.5, 0.6) is 0 Å². The van der Waals surface area contributed by atoms with Crippen LogP contribution in [0.3, 0.4) is 0 Å². The van der Waals surface area contributed by atoms with E-state index in [1.165, 1.54) is 6.92 Å². The number of hydrogen-bond acceptors (Lipinski definition) is 19. The Morgan fingerprint density at radius 1 is 0.384 bits per heavy atom. The molecule has 0 aromatic rings. The van der Waals surface area contributed by atoms with Crippen LogP contribution in [0.15, 0.2) is 0 Å². The molecule has 420 valence electrons. The maximum atomic E-state index is 14.0. The zero-order valence-corrected chi connectivity index (χ0v) is 42.8. The summed E-state index contributed by atoms with van der Waals surface area (Å²) in [4.78, 5) is 133. The molecule has 12 atom stereocenters. The van der Waals surface area contributed by atoms with E-state index >= 15 is 0 Å². The number of carbonyl (C=O) groups excluding carboxylic acids is 9. The van der Waals surface area contributed by atoms with Crippen LogP contribution in [0.4, 0.5) is 0 Å². The summed E-state index contributed by atoms with van der Waals surface area (Å²) in [5, 5.41) is 51.8. The Morgan fingerprint density at radius 2 is 0.658 bits per heavy atom. The zero-order chi connectivity index (χ0) is 56.0. The van der Waals surface area contributed by atoms with Crippen LogP contribution < -0.4 is 88.0 Å². The summed E-state index contributed by atoms with van der Waals surface area (Å²) in [5.74, 6) is -9.54. The van der Waals surface area contributed by atoms with Crippen LogP contribution in [0, 0.1) is 5.92 Å². The maximum absolute atomic E-state index is 14.0. The van der Waals surface area contributed by atoms with Crippen molar-refractivity contribution in [3.8, 4) is 0 Å². The predicted molar refractivity (Wildman–Crippen MR) is 267 cm³/mol. The highest BCUT2D eigenvalue weighted by Crippen LogP contribution is 2.10. The van der Waals surface area contributed by atoms with E-state index in [0.29, 0.717) is 12.8 Å². The van der Waals surface area contributed by atoms with Crippen molar-refractivity contribution in [1.29, 1.82) is 0 Å². The third kappa shape index (κ3) is 25.2. The summed E-state index contributed by atoms with van der Waals surface area (Å²) in [7, 11) is 0. The SMILES string of the molecule is CCCC[C@H](NC(=O)[C@@H](CC(C)C)NC(=O)[C@H](CCN)NC(=O)[C@H](CCN)NC(=O)[C@H](CCN)NC(=O)[C@@H](NC(=O)[C@@H](N)CCN)[C@@H](C)O)C(=O)N[C@@H](CCN)C(=O)N[C@@H](CCN)C(=O)N[C@H](C(=O)O)[C@@H](C)O. The fraction of sp³-hybridized carbons (Fsp3) is 0.773. The van der Waals surface area contributed by atoms with Gasteiger partial charge in [0, 0.05) is 0 Å². The number of nitrogens with one attached hydrogen (secondary N) is 9. The molecule has 0 saturated heterocycles. The van der Waals surface area contributed by atoms with Gasteiger partial charge >= 0.3 is 5.97 Å². The number of rotatable bonds is 38. The minimum absolute atomic E-state index is 0.0454. The predicted octanol–water partition coefficient (Wildman–Crippen LogP) is -8.15. The zero-order valence-electron chi connectivity index (χ0n) is 42.8. The highest BCUT2D eigenvalue weighted by Gasteiger charge is 2.36. The minimum Gasteiger partial charge on any atom is -0.480 e. The third-order valence-corrected chi connectivity index (χ3v) is 11.2. The van der Waals surface area contributed by atoms with Crippen molar-refractivity contribution in [3.05, 3.63) is 0 Å². The lowest BCUT2D eigenvalue weighted by atomic mass is 10.0. The molecule has 0 unspecified atom stereocenters. The topological polar surface area (TPSA) is 522 Å². The van der Waals surface area contributed by atoms with Crippen LogP contribution in [0.1, 0.15) is 98.8 Å². The fourth-order valence-electron chi connectivity index (χ4n) is 7.07. The van der Waals surface area contributed by atoms with Gasteiger partial charge in [0.15, 0.2) is 6.04 Å². The van der Waals surface area contributed by atoms with Crippen molar-refractivity contribution in [2.75, 3.05) is 39.3 Å². The Morgan fingerprint density at radius 3 is 0.945 bits per heavy atom. The molecular formula is C44H86N16O13. The van der Waals surface area contributed by atoms with Gasteiger partial charge in [0.05, 0.1) is 18.2 Å². The number of carboxylic acid groups (broad SMARTS) is 1. The Kier molecular flexibility index (Phi) is 33.5. The van der Waals surface area contributed by atoms with E-state index in [1.54, 1.807) is 13.8 Å². The number of unbranched alkanes of at least 4 members (excludes halogenated alkanes) is 1. The van der Waals surface area contributed by atoms with Gasteiger partial charge in [-0.3, -0.25) is 43.2 Å². The van der Waals surface area contributed by atoms with Crippen molar-refractivity contribution in [2.45, 2.75) is 171 Å². The molecule has 29 heteroatoms. The quantitative estimate of drug-likeness (QED) is 0.0273. The van der Waals surface area contributed by atoms with Gasteiger partial charge in [-0.1, -0.05) is 33.6 Å². The lowest BCUT2D eigenvalue weighted by Crippen LogP contribution is -2.61. The molecule has 0 radical (unpaired) electrons. The fourth-order valence-corrected chi connectivity index (χ4v) is 7.07. The Balaban J connectivity index is 6.40. The summed E-state index contributed by atoms with van der Waals surface area (Å²) in [6, 6.07) is -13.7. The van der Waals surface area contributed by atoms with E-state index in [9.17, 15) is 63.3 Å². The number of carboxylic acids is 1. The van der Waals surface area contributed by atoms with E-state index < -0.39 is 132 Å². The van der Waals surface area contributed by atoms with Crippen LogP contribution in [-0.4, -0.2) is 186 Å². The molecule has 0 aromatic heterocycles. The Hall–Kier alpha value is -5.66. The number of hydrogen-bond donors (Lipinski definition) is 19. The van der Waals surface area contributed by atoms with Crippen LogP contribution in [-0.2, 0) is 47.9 Å². The molecule has 9 amide bonds. The summed E-state index contributed by atoms with van der Waals surface area (Å²) in [6.45, 7) is 7.23. The van der Waals surface area contributed by atoms with E-state index in [-0.39, 0.29) is 96.6 Å². The summed E-state index contributed by atoms with van der Waals surface area (Å²) in [5.41, 5.74) is 40.0.